The molecule has 0 saturated carbocycles. The molecule has 0 saturated heterocycles. The zero-order valence-electron chi connectivity index (χ0n) is 12.8. The summed E-state index contributed by atoms with van der Waals surface area (Å²) in [5.74, 6) is 0. The first-order valence-corrected chi connectivity index (χ1v) is 8.47. The van der Waals surface area contributed by atoms with Gasteiger partial charge in [-0.15, -0.1) is 0 Å². The van der Waals surface area contributed by atoms with Gasteiger partial charge in [-0.05, 0) is 38.8 Å². The number of benzene rings is 1. The van der Waals surface area contributed by atoms with Crippen LogP contribution in [0.25, 0.3) is 0 Å². The van der Waals surface area contributed by atoms with Crippen molar-refractivity contribution in [3.63, 3.8) is 0 Å². The van der Waals surface area contributed by atoms with Crippen LogP contribution < -0.4 is 0 Å². The summed E-state index contributed by atoms with van der Waals surface area (Å²) in [6.45, 7) is 7.61. The fourth-order valence-electron chi connectivity index (χ4n) is 2.13. The van der Waals surface area contributed by atoms with E-state index in [0.29, 0.717) is 12.8 Å². The molecule has 0 radical (unpaired) electrons. The molecule has 6 nitrogen and oxygen atoms in total. The molecule has 0 heterocycles. The van der Waals surface area contributed by atoms with Crippen LogP contribution in [0.4, 0.5) is 5.69 Å². The lowest BCUT2D eigenvalue weighted by molar-refractivity contribution is -0.384. The maximum absolute atomic E-state index is 12.8. The molecule has 0 N–H and O–H groups in total. The Bertz CT molecular complexity index is 573. The molecule has 0 aliphatic rings. The molecular formula is C14H22N2O4S. The lowest BCUT2D eigenvalue weighted by atomic mass is 10.2. The zero-order valence-corrected chi connectivity index (χ0v) is 13.6. The van der Waals surface area contributed by atoms with Crippen molar-refractivity contribution in [3.8, 4) is 0 Å². The number of hydrogen-bond acceptors (Lipinski definition) is 4. The number of hydrogen-bond donors (Lipinski definition) is 0. The van der Waals surface area contributed by atoms with E-state index in [9.17, 15) is 18.5 Å². The Morgan fingerprint density at radius 3 is 1.86 bits per heavy atom. The van der Waals surface area contributed by atoms with Gasteiger partial charge in [0.15, 0.2) is 0 Å². The molecule has 0 amide bonds. The lowest BCUT2D eigenvalue weighted by Gasteiger charge is -2.32. The van der Waals surface area contributed by atoms with Gasteiger partial charge in [0.1, 0.15) is 0 Å². The molecule has 0 bridgehead atoms. The standard InChI is InChI=1S/C14H22N2O4S/c1-5-11(3)15(12(4)6-2)21(19,20)14-9-7-13(8-10-14)16(17)18/h7-12H,5-6H2,1-4H3/t11-,12-/m0/s1. The SMILES string of the molecule is CC[C@H](C)N([C@@H](C)CC)S(=O)(=O)c1ccc([N+](=O)[O-])cc1. The summed E-state index contributed by atoms with van der Waals surface area (Å²) in [4.78, 5) is 10.2. The predicted octanol–water partition coefficient (Wildman–Crippen LogP) is 3.18. The van der Waals surface area contributed by atoms with Gasteiger partial charge in [0.05, 0.1) is 9.82 Å². The Morgan fingerprint density at radius 2 is 1.52 bits per heavy atom. The van der Waals surface area contributed by atoms with Crippen molar-refractivity contribution >= 4 is 15.7 Å². The third kappa shape index (κ3) is 3.79. The summed E-state index contributed by atoms with van der Waals surface area (Å²) < 4.78 is 27.0. The summed E-state index contributed by atoms with van der Waals surface area (Å²) >= 11 is 0. The van der Waals surface area contributed by atoms with Gasteiger partial charge in [0, 0.05) is 24.2 Å². The highest BCUT2D eigenvalue weighted by Crippen LogP contribution is 2.25. The number of non-ortho nitro benzene ring substituents is 1. The van der Waals surface area contributed by atoms with Crippen LogP contribution >= 0.6 is 0 Å². The highest BCUT2D eigenvalue weighted by molar-refractivity contribution is 7.89. The van der Waals surface area contributed by atoms with E-state index in [0.717, 1.165) is 0 Å². The molecule has 0 unspecified atom stereocenters. The maximum Gasteiger partial charge on any atom is 0.269 e. The molecule has 1 aromatic carbocycles. The first-order valence-electron chi connectivity index (χ1n) is 7.03. The molecule has 1 aromatic rings. The molecule has 0 aromatic heterocycles. The van der Waals surface area contributed by atoms with E-state index in [-0.39, 0.29) is 22.7 Å². The third-order valence-corrected chi connectivity index (χ3v) is 5.82. The van der Waals surface area contributed by atoms with Crippen molar-refractivity contribution in [3.05, 3.63) is 34.4 Å². The van der Waals surface area contributed by atoms with Gasteiger partial charge in [0.2, 0.25) is 10.0 Å². The topological polar surface area (TPSA) is 80.5 Å². The molecule has 21 heavy (non-hydrogen) atoms. The van der Waals surface area contributed by atoms with Crippen LogP contribution in [0.5, 0.6) is 0 Å². The average Bonchev–Trinajstić information content (AvgIpc) is 2.46. The Kier molecular flexibility index (Phi) is 5.86. The first kappa shape index (κ1) is 17.6. The van der Waals surface area contributed by atoms with Gasteiger partial charge in [-0.25, -0.2) is 8.42 Å². The third-order valence-electron chi connectivity index (χ3n) is 3.67. The number of nitro benzene ring substituents is 1. The zero-order chi connectivity index (χ0) is 16.2. The highest BCUT2D eigenvalue weighted by Gasteiger charge is 2.32. The number of sulfonamides is 1. The Morgan fingerprint density at radius 1 is 1.10 bits per heavy atom. The van der Waals surface area contributed by atoms with Gasteiger partial charge in [-0.3, -0.25) is 10.1 Å². The predicted molar refractivity (Wildman–Crippen MR) is 81.6 cm³/mol. The smallest absolute Gasteiger partial charge is 0.258 e. The summed E-state index contributed by atoms with van der Waals surface area (Å²) in [7, 11) is -3.66. The summed E-state index contributed by atoms with van der Waals surface area (Å²) in [5, 5.41) is 10.7. The van der Waals surface area contributed by atoms with Gasteiger partial charge < -0.3 is 0 Å². The molecule has 1 rings (SSSR count). The number of rotatable bonds is 7. The lowest BCUT2D eigenvalue weighted by Crippen LogP contribution is -2.44. The number of nitrogens with zero attached hydrogens (tertiary/aromatic N) is 2. The van der Waals surface area contributed by atoms with E-state index in [2.05, 4.69) is 0 Å². The minimum atomic E-state index is -3.66. The molecule has 0 fully saturated rings. The molecule has 0 spiro atoms. The van der Waals surface area contributed by atoms with Gasteiger partial charge in [0.25, 0.3) is 5.69 Å². The second kappa shape index (κ2) is 7.00. The van der Waals surface area contributed by atoms with Crippen LogP contribution in [0.1, 0.15) is 40.5 Å². The van der Waals surface area contributed by atoms with E-state index in [1.165, 1.54) is 28.6 Å². The fourth-order valence-corrected chi connectivity index (χ4v) is 4.10. The molecular weight excluding hydrogens is 292 g/mol. The molecule has 0 aliphatic heterocycles. The minimum absolute atomic E-state index is 0.0914. The monoisotopic (exact) mass is 314 g/mol. The van der Waals surface area contributed by atoms with Crippen LogP contribution in [0, 0.1) is 10.1 Å². The van der Waals surface area contributed by atoms with Crippen LogP contribution in [-0.2, 0) is 10.0 Å². The second-order valence-corrected chi connectivity index (χ2v) is 6.94. The molecule has 118 valence electrons. The molecule has 0 aliphatic carbocycles. The van der Waals surface area contributed by atoms with E-state index in [1.807, 2.05) is 27.7 Å². The fraction of sp³-hybridized carbons (Fsp3) is 0.571. The number of nitro groups is 1. The Hall–Kier alpha value is -1.47. The van der Waals surface area contributed by atoms with Gasteiger partial charge in [-0.1, -0.05) is 13.8 Å². The van der Waals surface area contributed by atoms with Gasteiger partial charge in [-0.2, -0.15) is 4.31 Å². The van der Waals surface area contributed by atoms with Crippen LogP contribution in [-0.4, -0.2) is 29.7 Å². The summed E-state index contributed by atoms with van der Waals surface area (Å²) in [6.07, 6.45) is 1.41. The van der Waals surface area contributed by atoms with E-state index >= 15 is 0 Å². The molecule has 7 heteroatoms. The van der Waals surface area contributed by atoms with E-state index in [1.54, 1.807) is 0 Å². The molecule has 2 atom stereocenters. The normalized spacial score (nSPS) is 14.9. The van der Waals surface area contributed by atoms with Crippen molar-refractivity contribution < 1.29 is 13.3 Å². The van der Waals surface area contributed by atoms with Crippen molar-refractivity contribution in [2.45, 2.75) is 57.5 Å². The van der Waals surface area contributed by atoms with Gasteiger partial charge >= 0.3 is 0 Å². The Labute approximate surface area is 126 Å². The van der Waals surface area contributed by atoms with Crippen molar-refractivity contribution in [2.75, 3.05) is 0 Å². The van der Waals surface area contributed by atoms with Crippen molar-refractivity contribution in [1.29, 1.82) is 0 Å². The minimum Gasteiger partial charge on any atom is -0.258 e. The Balaban J connectivity index is 3.25. The van der Waals surface area contributed by atoms with Crippen LogP contribution in [0.15, 0.2) is 29.2 Å². The van der Waals surface area contributed by atoms with Crippen LogP contribution in [0.3, 0.4) is 0 Å². The summed E-state index contributed by atoms with van der Waals surface area (Å²) in [5.41, 5.74) is -0.118. The summed E-state index contributed by atoms with van der Waals surface area (Å²) in [6, 6.07) is 4.79. The van der Waals surface area contributed by atoms with Crippen molar-refractivity contribution in [1.82, 2.24) is 4.31 Å². The second-order valence-electron chi connectivity index (χ2n) is 5.10. The average molecular weight is 314 g/mol. The van der Waals surface area contributed by atoms with E-state index in [4.69, 9.17) is 0 Å². The van der Waals surface area contributed by atoms with Crippen LogP contribution in [0.2, 0.25) is 0 Å². The largest absolute Gasteiger partial charge is 0.269 e. The quantitative estimate of drug-likeness (QED) is 0.572. The van der Waals surface area contributed by atoms with Crippen molar-refractivity contribution in [2.24, 2.45) is 0 Å². The van der Waals surface area contributed by atoms with E-state index < -0.39 is 14.9 Å². The maximum atomic E-state index is 12.8. The first-order chi connectivity index (χ1) is 9.75. The highest BCUT2D eigenvalue weighted by atomic mass is 32.2.